The van der Waals surface area contributed by atoms with E-state index in [0.29, 0.717) is 5.13 Å². The van der Waals surface area contributed by atoms with Gasteiger partial charge in [-0.2, -0.15) is 0 Å². The van der Waals surface area contributed by atoms with Gasteiger partial charge in [-0.3, -0.25) is 4.79 Å². The summed E-state index contributed by atoms with van der Waals surface area (Å²) in [6.45, 7) is 4.11. The van der Waals surface area contributed by atoms with E-state index in [-0.39, 0.29) is 17.9 Å². The molecule has 0 spiro atoms. The molecule has 2 atom stereocenters. The summed E-state index contributed by atoms with van der Waals surface area (Å²) >= 11 is 1.53. The Labute approximate surface area is 141 Å². The number of anilines is 1. The van der Waals surface area contributed by atoms with Crippen LogP contribution in [0.5, 0.6) is 0 Å². The van der Waals surface area contributed by atoms with Crippen molar-refractivity contribution in [2.45, 2.75) is 45.6 Å². The van der Waals surface area contributed by atoms with Crippen LogP contribution in [0.3, 0.4) is 0 Å². The van der Waals surface area contributed by atoms with Crippen molar-refractivity contribution in [2.75, 3.05) is 5.32 Å². The fraction of sp³-hybridized carbons (Fsp3) is 0.444. The van der Waals surface area contributed by atoms with Gasteiger partial charge in [-0.25, -0.2) is 4.98 Å². The van der Waals surface area contributed by atoms with Crippen LogP contribution in [0.1, 0.15) is 36.1 Å². The highest BCUT2D eigenvalue weighted by molar-refractivity contribution is 7.16. The van der Waals surface area contributed by atoms with Gasteiger partial charge in [0.25, 0.3) is 0 Å². The number of thiazole rings is 1. The van der Waals surface area contributed by atoms with Gasteiger partial charge in [0.15, 0.2) is 5.13 Å². The summed E-state index contributed by atoms with van der Waals surface area (Å²) in [7, 11) is 0. The molecule has 5 heteroatoms. The second-order valence-electron chi connectivity index (χ2n) is 6.40. The van der Waals surface area contributed by atoms with Crippen LogP contribution < -0.4 is 11.1 Å². The number of carbonyl (C=O) groups excluding carboxylic acids is 1. The fourth-order valence-electron chi connectivity index (χ4n) is 3.10. The topological polar surface area (TPSA) is 68.0 Å². The number of carbonyl (C=O) groups is 1. The van der Waals surface area contributed by atoms with E-state index in [1.54, 1.807) is 0 Å². The molecule has 3 N–H and O–H groups in total. The molecule has 0 saturated heterocycles. The quantitative estimate of drug-likeness (QED) is 0.898. The number of amides is 1. The number of hydrogen-bond donors (Lipinski definition) is 2. The minimum absolute atomic E-state index is 0.0192. The van der Waals surface area contributed by atoms with Crippen LogP contribution in [-0.2, 0) is 4.79 Å². The van der Waals surface area contributed by atoms with Crippen LogP contribution in [0, 0.1) is 19.8 Å². The Morgan fingerprint density at radius 3 is 2.70 bits per heavy atom. The van der Waals surface area contributed by atoms with Gasteiger partial charge in [-0.1, -0.05) is 36.2 Å². The number of hydrogen-bond acceptors (Lipinski definition) is 4. The zero-order valence-electron chi connectivity index (χ0n) is 13.6. The molecule has 0 radical (unpaired) electrons. The van der Waals surface area contributed by atoms with Gasteiger partial charge in [0.05, 0.1) is 5.69 Å². The van der Waals surface area contributed by atoms with E-state index in [2.05, 4.69) is 41.5 Å². The third kappa shape index (κ3) is 3.79. The van der Waals surface area contributed by atoms with Crippen LogP contribution >= 0.6 is 11.3 Å². The minimum Gasteiger partial charge on any atom is -0.328 e. The molecule has 23 heavy (non-hydrogen) atoms. The molecule has 2 aromatic rings. The second kappa shape index (κ2) is 6.81. The molecule has 1 fully saturated rings. The Morgan fingerprint density at radius 2 is 2.00 bits per heavy atom. The van der Waals surface area contributed by atoms with Crippen molar-refractivity contribution in [2.24, 2.45) is 11.7 Å². The molecular weight excluding hydrogens is 306 g/mol. The maximum atomic E-state index is 12.4. The molecule has 0 aliphatic heterocycles. The molecule has 4 nitrogen and oxygen atoms in total. The van der Waals surface area contributed by atoms with Crippen LogP contribution in [-0.4, -0.2) is 16.9 Å². The molecule has 1 aliphatic carbocycles. The smallest absolute Gasteiger partial charge is 0.229 e. The summed E-state index contributed by atoms with van der Waals surface area (Å²) in [4.78, 5) is 18.1. The van der Waals surface area contributed by atoms with Crippen LogP contribution in [0.15, 0.2) is 24.3 Å². The monoisotopic (exact) mass is 329 g/mol. The molecule has 1 aliphatic rings. The first-order valence-corrected chi connectivity index (χ1v) is 8.95. The lowest BCUT2D eigenvalue weighted by molar-refractivity contribution is -0.120. The average Bonchev–Trinajstić information content (AvgIpc) is 2.88. The first-order chi connectivity index (χ1) is 11.0. The first kappa shape index (κ1) is 16.1. The zero-order valence-corrected chi connectivity index (χ0v) is 14.5. The second-order valence-corrected chi connectivity index (χ2v) is 7.61. The van der Waals surface area contributed by atoms with Crippen molar-refractivity contribution in [3.05, 3.63) is 34.7 Å². The lowest BCUT2D eigenvalue weighted by Crippen LogP contribution is -2.34. The summed E-state index contributed by atoms with van der Waals surface area (Å²) in [5.74, 6) is 0.0788. The molecule has 1 amide bonds. The summed E-state index contributed by atoms with van der Waals surface area (Å²) in [5, 5.41) is 3.67. The van der Waals surface area contributed by atoms with E-state index in [1.165, 1.54) is 16.9 Å². The molecule has 1 heterocycles. The number of aromatic nitrogens is 1. The van der Waals surface area contributed by atoms with Gasteiger partial charge in [0.2, 0.25) is 5.91 Å². The number of nitrogens with zero attached hydrogens (tertiary/aromatic N) is 1. The van der Waals surface area contributed by atoms with Gasteiger partial charge in [-0.05, 0) is 33.1 Å². The largest absolute Gasteiger partial charge is 0.328 e. The maximum Gasteiger partial charge on any atom is 0.229 e. The van der Waals surface area contributed by atoms with E-state index in [1.807, 2.05) is 6.92 Å². The van der Waals surface area contributed by atoms with Crippen molar-refractivity contribution >= 4 is 22.4 Å². The van der Waals surface area contributed by atoms with Crippen LogP contribution in [0.2, 0.25) is 0 Å². The fourth-order valence-corrected chi connectivity index (χ4v) is 3.94. The molecular formula is C18H23N3OS. The SMILES string of the molecule is Cc1ccc(-c2nc(NC(=O)C3CCCC(N)C3)sc2C)cc1. The molecule has 1 aromatic heterocycles. The van der Waals surface area contributed by atoms with Crippen molar-refractivity contribution in [3.63, 3.8) is 0 Å². The lowest BCUT2D eigenvalue weighted by atomic mass is 9.86. The number of nitrogens with one attached hydrogen (secondary N) is 1. The highest BCUT2D eigenvalue weighted by Gasteiger charge is 2.26. The van der Waals surface area contributed by atoms with Gasteiger partial charge >= 0.3 is 0 Å². The Hall–Kier alpha value is -1.72. The standard InChI is InChI=1S/C18H23N3OS/c1-11-6-8-13(9-7-11)16-12(2)23-18(20-16)21-17(22)14-4-3-5-15(19)10-14/h6-9,14-15H,3-5,10,19H2,1-2H3,(H,20,21,22). The zero-order chi connectivity index (χ0) is 16.4. The Balaban J connectivity index is 1.73. The molecule has 3 rings (SSSR count). The van der Waals surface area contributed by atoms with Crippen molar-refractivity contribution in [1.29, 1.82) is 0 Å². The summed E-state index contributed by atoms with van der Waals surface area (Å²) in [6, 6.07) is 8.46. The third-order valence-corrected chi connectivity index (χ3v) is 5.32. The van der Waals surface area contributed by atoms with Gasteiger partial charge < -0.3 is 11.1 Å². The van der Waals surface area contributed by atoms with E-state index in [4.69, 9.17) is 5.73 Å². The Morgan fingerprint density at radius 1 is 1.26 bits per heavy atom. The predicted octanol–water partition coefficient (Wildman–Crippen LogP) is 3.88. The average molecular weight is 329 g/mol. The number of rotatable bonds is 3. The number of benzene rings is 1. The summed E-state index contributed by atoms with van der Waals surface area (Å²) < 4.78 is 0. The van der Waals surface area contributed by atoms with E-state index < -0.39 is 0 Å². The minimum atomic E-state index is 0.0192. The highest BCUT2D eigenvalue weighted by atomic mass is 32.1. The highest BCUT2D eigenvalue weighted by Crippen LogP contribution is 2.31. The van der Waals surface area contributed by atoms with Crippen molar-refractivity contribution in [1.82, 2.24) is 4.98 Å². The van der Waals surface area contributed by atoms with Crippen molar-refractivity contribution in [3.8, 4) is 11.3 Å². The summed E-state index contributed by atoms with van der Waals surface area (Å²) in [5.41, 5.74) is 9.24. The van der Waals surface area contributed by atoms with Gasteiger partial charge in [-0.15, -0.1) is 11.3 Å². The van der Waals surface area contributed by atoms with Crippen LogP contribution in [0.25, 0.3) is 11.3 Å². The lowest BCUT2D eigenvalue weighted by Gasteiger charge is -2.25. The molecule has 1 saturated carbocycles. The predicted molar refractivity (Wildman–Crippen MR) is 95.6 cm³/mol. The Bertz CT molecular complexity index is 693. The normalized spacial score (nSPS) is 21.2. The van der Waals surface area contributed by atoms with E-state index in [9.17, 15) is 4.79 Å². The van der Waals surface area contributed by atoms with E-state index >= 15 is 0 Å². The molecule has 2 unspecified atom stereocenters. The number of nitrogens with two attached hydrogens (primary N) is 1. The van der Waals surface area contributed by atoms with E-state index in [0.717, 1.165) is 41.8 Å². The summed E-state index contributed by atoms with van der Waals surface area (Å²) in [6.07, 6.45) is 3.76. The molecule has 0 bridgehead atoms. The Kier molecular flexibility index (Phi) is 4.78. The molecule has 122 valence electrons. The third-order valence-electron chi connectivity index (χ3n) is 4.44. The maximum absolute atomic E-state index is 12.4. The van der Waals surface area contributed by atoms with Crippen molar-refractivity contribution < 1.29 is 4.79 Å². The first-order valence-electron chi connectivity index (χ1n) is 8.14. The van der Waals surface area contributed by atoms with Crippen LogP contribution in [0.4, 0.5) is 5.13 Å². The molecule has 1 aromatic carbocycles. The van der Waals surface area contributed by atoms with Gasteiger partial charge in [0, 0.05) is 22.4 Å². The number of aryl methyl sites for hydroxylation is 2. The van der Waals surface area contributed by atoms with Gasteiger partial charge in [0.1, 0.15) is 0 Å².